The molecule has 0 aromatic carbocycles. The summed E-state index contributed by atoms with van der Waals surface area (Å²) in [6.07, 6.45) is 5.01. The molecule has 0 fully saturated rings. The fourth-order valence-corrected chi connectivity index (χ4v) is 1.68. The summed E-state index contributed by atoms with van der Waals surface area (Å²) in [5, 5.41) is 10.4. The Morgan fingerprint density at radius 2 is 2.12 bits per heavy atom. The fraction of sp³-hybridized carbons (Fsp3) is 0.750. The van der Waals surface area contributed by atoms with Gasteiger partial charge in [-0.15, -0.1) is 0 Å². The molecule has 1 rings (SSSR count). The standard InChI is InChI=1S/C12H21NO3/c1-5-9-6-7-10(8-9)13(15)11(14)16-12(2,3)4/h6-7,9-10,15H,5,8H2,1-4H3. The number of ether oxygens (including phenoxy) is 1. The summed E-state index contributed by atoms with van der Waals surface area (Å²) < 4.78 is 5.08. The third kappa shape index (κ3) is 3.52. The third-order valence-electron chi connectivity index (χ3n) is 2.57. The van der Waals surface area contributed by atoms with Crippen molar-refractivity contribution in [2.45, 2.75) is 52.2 Å². The molecule has 0 saturated heterocycles. The highest BCUT2D eigenvalue weighted by Gasteiger charge is 2.29. The molecule has 0 aliphatic heterocycles. The van der Waals surface area contributed by atoms with Crippen LogP contribution < -0.4 is 0 Å². The summed E-state index contributed by atoms with van der Waals surface area (Å²) in [6, 6.07) is -0.250. The van der Waals surface area contributed by atoms with E-state index in [2.05, 4.69) is 6.92 Å². The smallest absolute Gasteiger partial charge is 0.434 e. The molecule has 2 atom stereocenters. The molecule has 0 aromatic heterocycles. The molecular formula is C12H21NO3. The third-order valence-corrected chi connectivity index (χ3v) is 2.57. The van der Waals surface area contributed by atoms with E-state index in [1.165, 1.54) is 0 Å². The summed E-state index contributed by atoms with van der Waals surface area (Å²) in [4.78, 5) is 11.6. The first-order chi connectivity index (χ1) is 7.33. The van der Waals surface area contributed by atoms with Crippen LogP contribution in [0.2, 0.25) is 0 Å². The molecule has 0 radical (unpaired) electrons. The van der Waals surface area contributed by atoms with Gasteiger partial charge in [0.2, 0.25) is 0 Å². The van der Waals surface area contributed by atoms with Crippen LogP contribution >= 0.6 is 0 Å². The lowest BCUT2D eigenvalue weighted by Crippen LogP contribution is -2.39. The molecule has 0 aromatic rings. The van der Waals surface area contributed by atoms with E-state index in [4.69, 9.17) is 4.74 Å². The molecule has 92 valence electrons. The van der Waals surface area contributed by atoms with Gasteiger partial charge in [0.05, 0.1) is 6.04 Å². The number of carbonyl (C=O) groups excluding carboxylic acids is 1. The van der Waals surface area contributed by atoms with Gasteiger partial charge in [-0.3, -0.25) is 5.21 Å². The zero-order valence-corrected chi connectivity index (χ0v) is 10.4. The topological polar surface area (TPSA) is 49.8 Å². The van der Waals surface area contributed by atoms with E-state index < -0.39 is 11.7 Å². The van der Waals surface area contributed by atoms with Gasteiger partial charge in [0.15, 0.2) is 0 Å². The quantitative estimate of drug-likeness (QED) is 0.448. The molecule has 16 heavy (non-hydrogen) atoms. The van der Waals surface area contributed by atoms with Crippen LogP contribution in [0, 0.1) is 5.92 Å². The number of hydroxylamine groups is 2. The molecule has 1 amide bonds. The predicted molar refractivity (Wildman–Crippen MR) is 61.2 cm³/mol. The van der Waals surface area contributed by atoms with Gasteiger partial charge < -0.3 is 4.74 Å². The van der Waals surface area contributed by atoms with Crippen LogP contribution in [0.25, 0.3) is 0 Å². The molecule has 0 heterocycles. The SMILES string of the molecule is CCC1C=CC(N(O)C(=O)OC(C)(C)C)C1. The van der Waals surface area contributed by atoms with Gasteiger partial charge in [-0.25, -0.2) is 4.79 Å². The van der Waals surface area contributed by atoms with Gasteiger partial charge in [-0.2, -0.15) is 5.06 Å². The minimum absolute atomic E-state index is 0.250. The Morgan fingerprint density at radius 3 is 2.56 bits per heavy atom. The Kier molecular flexibility index (Phi) is 3.97. The average molecular weight is 227 g/mol. The largest absolute Gasteiger partial charge is 0.442 e. The lowest BCUT2D eigenvalue weighted by atomic mass is 10.1. The molecule has 1 N–H and O–H groups in total. The average Bonchev–Trinajstić information content (AvgIpc) is 2.61. The minimum atomic E-state index is -0.682. The first kappa shape index (κ1) is 13.0. The Hall–Kier alpha value is -1.03. The number of hydrogen-bond donors (Lipinski definition) is 1. The number of allylic oxidation sites excluding steroid dienone is 1. The lowest BCUT2D eigenvalue weighted by Gasteiger charge is -2.26. The molecule has 0 saturated carbocycles. The van der Waals surface area contributed by atoms with E-state index in [-0.39, 0.29) is 6.04 Å². The molecule has 4 nitrogen and oxygen atoms in total. The van der Waals surface area contributed by atoms with Crippen molar-refractivity contribution in [3.8, 4) is 0 Å². The Balaban J connectivity index is 2.50. The van der Waals surface area contributed by atoms with Crippen LogP contribution in [0.1, 0.15) is 40.5 Å². The molecule has 0 bridgehead atoms. The summed E-state index contributed by atoms with van der Waals surface area (Å²) in [5.74, 6) is 0.446. The number of carbonyl (C=O) groups is 1. The van der Waals surface area contributed by atoms with Crippen molar-refractivity contribution in [2.75, 3.05) is 0 Å². The van der Waals surface area contributed by atoms with E-state index in [1.54, 1.807) is 20.8 Å². The summed E-state index contributed by atoms with van der Waals surface area (Å²) >= 11 is 0. The van der Waals surface area contributed by atoms with Crippen LogP contribution in [-0.4, -0.2) is 28.0 Å². The van der Waals surface area contributed by atoms with Crippen LogP contribution in [0.4, 0.5) is 4.79 Å². The first-order valence-electron chi connectivity index (χ1n) is 5.73. The monoisotopic (exact) mass is 227 g/mol. The summed E-state index contributed by atoms with van der Waals surface area (Å²) in [6.45, 7) is 7.42. The van der Waals surface area contributed by atoms with E-state index in [1.807, 2.05) is 12.2 Å². The van der Waals surface area contributed by atoms with Gasteiger partial charge in [0, 0.05) is 0 Å². The Bertz CT molecular complexity index is 280. The van der Waals surface area contributed by atoms with Crippen molar-refractivity contribution in [1.82, 2.24) is 5.06 Å². The van der Waals surface area contributed by atoms with Gasteiger partial charge in [0.1, 0.15) is 5.60 Å². The number of nitrogens with zero attached hydrogens (tertiary/aromatic N) is 1. The number of amides is 1. The van der Waals surface area contributed by atoms with Crippen LogP contribution in [0.15, 0.2) is 12.2 Å². The molecule has 4 heteroatoms. The van der Waals surface area contributed by atoms with Crippen molar-refractivity contribution in [1.29, 1.82) is 0 Å². The molecule has 0 spiro atoms. The highest BCUT2D eigenvalue weighted by Crippen LogP contribution is 2.24. The first-order valence-corrected chi connectivity index (χ1v) is 5.73. The number of rotatable bonds is 2. The second-order valence-corrected chi connectivity index (χ2v) is 5.18. The fourth-order valence-electron chi connectivity index (χ4n) is 1.68. The predicted octanol–water partition coefficient (Wildman–Crippen LogP) is 2.97. The second-order valence-electron chi connectivity index (χ2n) is 5.18. The van der Waals surface area contributed by atoms with Crippen molar-refractivity contribution >= 4 is 6.09 Å². The van der Waals surface area contributed by atoms with Crippen LogP contribution in [0.3, 0.4) is 0 Å². The Morgan fingerprint density at radius 1 is 1.50 bits per heavy atom. The normalized spacial score (nSPS) is 24.6. The van der Waals surface area contributed by atoms with Crippen molar-refractivity contribution in [3.05, 3.63) is 12.2 Å². The molecule has 2 unspecified atom stereocenters. The van der Waals surface area contributed by atoms with E-state index in [0.29, 0.717) is 11.0 Å². The maximum atomic E-state index is 11.6. The van der Waals surface area contributed by atoms with Crippen molar-refractivity contribution in [3.63, 3.8) is 0 Å². The van der Waals surface area contributed by atoms with E-state index in [9.17, 15) is 10.0 Å². The van der Waals surface area contributed by atoms with Gasteiger partial charge in [-0.05, 0) is 39.5 Å². The summed E-state index contributed by atoms with van der Waals surface area (Å²) in [7, 11) is 0. The maximum absolute atomic E-state index is 11.6. The van der Waals surface area contributed by atoms with Gasteiger partial charge in [-0.1, -0.05) is 19.1 Å². The Labute approximate surface area is 96.8 Å². The van der Waals surface area contributed by atoms with Crippen molar-refractivity contribution in [2.24, 2.45) is 5.92 Å². The maximum Gasteiger partial charge on any atom is 0.434 e. The van der Waals surface area contributed by atoms with Crippen molar-refractivity contribution < 1.29 is 14.7 Å². The van der Waals surface area contributed by atoms with Crippen LogP contribution in [-0.2, 0) is 4.74 Å². The molecular weight excluding hydrogens is 206 g/mol. The van der Waals surface area contributed by atoms with Gasteiger partial charge in [0.25, 0.3) is 0 Å². The number of hydrogen-bond acceptors (Lipinski definition) is 3. The highest BCUT2D eigenvalue weighted by molar-refractivity contribution is 5.67. The second kappa shape index (κ2) is 4.87. The summed E-state index contributed by atoms with van der Waals surface area (Å²) in [5.41, 5.74) is -0.579. The van der Waals surface area contributed by atoms with Gasteiger partial charge >= 0.3 is 6.09 Å². The zero-order chi connectivity index (χ0) is 12.3. The zero-order valence-electron chi connectivity index (χ0n) is 10.4. The highest BCUT2D eigenvalue weighted by atomic mass is 16.6. The van der Waals surface area contributed by atoms with E-state index >= 15 is 0 Å². The van der Waals surface area contributed by atoms with Crippen LogP contribution in [0.5, 0.6) is 0 Å². The minimum Gasteiger partial charge on any atom is -0.442 e. The lowest BCUT2D eigenvalue weighted by molar-refractivity contribution is -0.111. The molecule has 1 aliphatic rings. The molecule has 1 aliphatic carbocycles. The van der Waals surface area contributed by atoms with E-state index in [0.717, 1.165) is 12.8 Å².